The quantitative estimate of drug-likeness (QED) is 0.487. The first-order valence-electron chi connectivity index (χ1n) is 13.8. The van der Waals surface area contributed by atoms with Crippen LogP contribution in [0.2, 0.25) is 0 Å². The lowest BCUT2D eigenvalue weighted by molar-refractivity contribution is -0.140. The van der Waals surface area contributed by atoms with Crippen LogP contribution in [0, 0.1) is 71.0 Å². The summed E-state index contributed by atoms with van der Waals surface area (Å²) in [5, 5.41) is 0. The standard InChI is InChI=1S/C28H40O2/c29-27-20-12-6-4-10-18(20)24-25(27)22-14-16-8-2-1-7-15(16)13-21(22)23-17-9-3-5-11-19(17)28(30)26(23)24/h15-26H,1-14H2. The summed E-state index contributed by atoms with van der Waals surface area (Å²) < 4.78 is 0. The molecule has 12 atom stereocenters. The Hall–Kier alpha value is -0.660. The summed E-state index contributed by atoms with van der Waals surface area (Å²) in [6.07, 6.45) is 18.4. The lowest BCUT2D eigenvalue weighted by Crippen LogP contribution is -2.52. The van der Waals surface area contributed by atoms with Crippen LogP contribution in [0.1, 0.15) is 89.9 Å². The van der Waals surface area contributed by atoms with Gasteiger partial charge >= 0.3 is 0 Å². The van der Waals surface area contributed by atoms with E-state index in [1.165, 1.54) is 83.5 Å². The van der Waals surface area contributed by atoms with E-state index in [2.05, 4.69) is 0 Å². The van der Waals surface area contributed by atoms with E-state index in [0.717, 1.165) is 18.3 Å². The average Bonchev–Trinajstić information content (AvgIpc) is 3.25. The fraction of sp³-hybridized carbons (Fsp3) is 0.929. The summed E-state index contributed by atoms with van der Waals surface area (Å²) in [5.41, 5.74) is 0. The van der Waals surface area contributed by atoms with Gasteiger partial charge in [-0.2, -0.15) is 0 Å². The molecule has 2 heteroatoms. The first kappa shape index (κ1) is 18.9. The molecular weight excluding hydrogens is 368 g/mol. The average molecular weight is 409 g/mol. The number of ketones is 2. The van der Waals surface area contributed by atoms with Gasteiger partial charge in [0.05, 0.1) is 0 Å². The van der Waals surface area contributed by atoms with E-state index in [1.54, 1.807) is 0 Å². The van der Waals surface area contributed by atoms with Crippen molar-refractivity contribution in [1.29, 1.82) is 0 Å². The fourth-order valence-corrected chi connectivity index (χ4v) is 11.2. The van der Waals surface area contributed by atoms with Crippen molar-refractivity contribution in [2.75, 3.05) is 0 Å². The molecule has 12 unspecified atom stereocenters. The van der Waals surface area contributed by atoms with Crippen molar-refractivity contribution in [2.24, 2.45) is 71.0 Å². The molecule has 164 valence electrons. The van der Waals surface area contributed by atoms with Crippen LogP contribution in [-0.4, -0.2) is 11.6 Å². The minimum atomic E-state index is 0.274. The van der Waals surface area contributed by atoms with E-state index in [1.807, 2.05) is 0 Å². The minimum Gasteiger partial charge on any atom is -0.299 e. The zero-order valence-electron chi connectivity index (χ0n) is 18.6. The highest BCUT2D eigenvalue weighted by atomic mass is 16.1. The lowest BCUT2D eigenvalue weighted by Gasteiger charge is -2.55. The molecular formula is C28H40O2. The third-order valence-corrected chi connectivity index (χ3v) is 12.0. The van der Waals surface area contributed by atoms with Crippen LogP contribution >= 0.6 is 0 Å². The number of rotatable bonds is 0. The van der Waals surface area contributed by atoms with Gasteiger partial charge in [0.1, 0.15) is 11.6 Å². The van der Waals surface area contributed by atoms with E-state index in [0.29, 0.717) is 58.9 Å². The molecule has 7 aliphatic rings. The molecule has 7 rings (SSSR count). The highest BCUT2D eigenvalue weighted by Gasteiger charge is 2.68. The molecule has 0 amide bonds. The maximum atomic E-state index is 13.9. The van der Waals surface area contributed by atoms with E-state index >= 15 is 0 Å². The molecule has 7 saturated carbocycles. The Morgan fingerprint density at radius 3 is 1.63 bits per heavy atom. The van der Waals surface area contributed by atoms with Gasteiger partial charge in [-0.25, -0.2) is 0 Å². The predicted molar refractivity (Wildman–Crippen MR) is 117 cm³/mol. The van der Waals surface area contributed by atoms with Crippen LogP contribution in [0.25, 0.3) is 0 Å². The minimum absolute atomic E-state index is 0.274. The molecule has 0 bridgehead atoms. The van der Waals surface area contributed by atoms with Gasteiger partial charge in [-0.15, -0.1) is 0 Å². The number of hydrogen-bond donors (Lipinski definition) is 0. The smallest absolute Gasteiger partial charge is 0.139 e. The van der Waals surface area contributed by atoms with Gasteiger partial charge in [-0.05, 0) is 85.9 Å². The fourth-order valence-electron chi connectivity index (χ4n) is 11.2. The molecule has 0 aromatic heterocycles. The summed E-state index contributed by atoms with van der Waals surface area (Å²) in [4.78, 5) is 27.8. The SMILES string of the molecule is O=C1C2CCCCC2C2C1C1CC3CCCCC3CC1C1C3CCCCC3C(=O)C12. The number of carbonyl (C=O) groups is 2. The van der Waals surface area contributed by atoms with Crippen molar-refractivity contribution in [2.45, 2.75) is 89.9 Å². The van der Waals surface area contributed by atoms with Crippen LogP contribution in [0.5, 0.6) is 0 Å². The first-order valence-corrected chi connectivity index (χ1v) is 13.8. The zero-order valence-corrected chi connectivity index (χ0v) is 18.6. The highest BCUT2D eigenvalue weighted by Crippen LogP contribution is 2.68. The Labute approximate surface area is 182 Å². The van der Waals surface area contributed by atoms with Crippen LogP contribution in [0.4, 0.5) is 0 Å². The van der Waals surface area contributed by atoms with Crippen LogP contribution in [0.3, 0.4) is 0 Å². The topological polar surface area (TPSA) is 34.1 Å². The number of carbonyl (C=O) groups excluding carboxylic acids is 2. The lowest BCUT2D eigenvalue weighted by atomic mass is 9.48. The Morgan fingerprint density at radius 2 is 0.967 bits per heavy atom. The molecule has 0 spiro atoms. The second kappa shape index (κ2) is 6.92. The monoisotopic (exact) mass is 408 g/mol. The summed E-state index contributed by atoms with van der Waals surface area (Å²) in [5.74, 6) is 8.07. The number of fused-ring (bicyclic) bond motifs is 11. The van der Waals surface area contributed by atoms with E-state index < -0.39 is 0 Å². The Morgan fingerprint density at radius 1 is 0.467 bits per heavy atom. The van der Waals surface area contributed by atoms with Gasteiger partial charge in [-0.3, -0.25) is 9.59 Å². The Bertz CT molecular complexity index is 741. The van der Waals surface area contributed by atoms with Crippen LogP contribution < -0.4 is 0 Å². The molecule has 7 fully saturated rings. The molecule has 0 aromatic rings. The summed E-state index contributed by atoms with van der Waals surface area (Å²) in [7, 11) is 0. The van der Waals surface area contributed by atoms with Crippen molar-refractivity contribution in [3.63, 3.8) is 0 Å². The molecule has 0 aromatic carbocycles. The van der Waals surface area contributed by atoms with Crippen molar-refractivity contribution in [3.8, 4) is 0 Å². The molecule has 0 radical (unpaired) electrons. The van der Waals surface area contributed by atoms with Crippen molar-refractivity contribution in [3.05, 3.63) is 0 Å². The molecule has 2 nitrogen and oxygen atoms in total. The molecule has 7 aliphatic carbocycles. The van der Waals surface area contributed by atoms with Gasteiger partial charge in [0.15, 0.2) is 0 Å². The summed E-state index contributed by atoms with van der Waals surface area (Å²) in [6.45, 7) is 0. The van der Waals surface area contributed by atoms with Gasteiger partial charge < -0.3 is 0 Å². The molecule has 0 N–H and O–H groups in total. The van der Waals surface area contributed by atoms with Gasteiger partial charge in [0, 0.05) is 23.7 Å². The zero-order chi connectivity index (χ0) is 20.0. The van der Waals surface area contributed by atoms with Gasteiger partial charge in [-0.1, -0.05) is 51.4 Å². The molecule has 0 saturated heterocycles. The van der Waals surface area contributed by atoms with Crippen LogP contribution in [0.15, 0.2) is 0 Å². The second-order valence-electron chi connectivity index (χ2n) is 12.7. The molecule has 30 heavy (non-hydrogen) atoms. The maximum Gasteiger partial charge on any atom is 0.139 e. The maximum absolute atomic E-state index is 13.9. The predicted octanol–water partition coefficient (Wildman–Crippen LogP) is 6.08. The Balaban J connectivity index is 1.33. The number of hydrogen-bond acceptors (Lipinski definition) is 2. The van der Waals surface area contributed by atoms with Gasteiger partial charge in [0.2, 0.25) is 0 Å². The summed E-state index contributed by atoms with van der Waals surface area (Å²) >= 11 is 0. The number of Topliss-reactive ketones (excluding diaryl/α,β-unsaturated/α-hetero) is 2. The van der Waals surface area contributed by atoms with Gasteiger partial charge in [0.25, 0.3) is 0 Å². The summed E-state index contributed by atoms with van der Waals surface area (Å²) in [6, 6.07) is 0. The third-order valence-electron chi connectivity index (χ3n) is 12.0. The third kappa shape index (κ3) is 2.43. The molecule has 0 aliphatic heterocycles. The van der Waals surface area contributed by atoms with E-state index in [-0.39, 0.29) is 11.8 Å². The van der Waals surface area contributed by atoms with Crippen molar-refractivity contribution < 1.29 is 9.59 Å². The van der Waals surface area contributed by atoms with Crippen LogP contribution in [-0.2, 0) is 9.59 Å². The second-order valence-corrected chi connectivity index (χ2v) is 12.7. The largest absolute Gasteiger partial charge is 0.299 e. The van der Waals surface area contributed by atoms with Crippen molar-refractivity contribution in [1.82, 2.24) is 0 Å². The highest BCUT2D eigenvalue weighted by molar-refractivity contribution is 5.92. The first-order chi connectivity index (χ1) is 14.7. The molecule has 0 heterocycles. The Kier molecular flexibility index (Phi) is 4.35. The van der Waals surface area contributed by atoms with E-state index in [9.17, 15) is 9.59 Å². The van der Waals surface area contributed by atoms with E-state index in [4.69, 9.17) is 0 Å². The van der Waals surface area contributed by atoms with Crippen molar-refractivity contribution >= 4 is 11.6 Å². The normalized spacial score (nSPS) is 56.9.